The highest BCUT2D eigenvalue weighted by molar-refractivity contribution is 6.01. The molecule has 1 aliphatic heterocycles. The number of hydrogen-bond donors (Lipinski definition) is 1. The number of rotatable bonds is 5. The van der Waals surface area contributed by atoms with Crippen LogP contribution in [0.5, 0.6) is 0 Å². The van der Waals surface area contributed by atoms with Gasteiger partial charge in [0.15, 0.2) is 0 Å². The molecule has 1 N–H and O–H groups in total. The van der Waals surface area contributed by atoms with Crippen LogP contribution in [0.3, 0.4) is 0 Å². The van der Waals surface area contributed by atoms with Crippen LogP contribution in [0.2, 0.25) is 0 Å². The lowest BCUT2D eigenvalue weighted by atomic mass is 10.1. The van der Waals surface area contributed by atoms with Gasteiger partial charge < -0.3 is 14.6 Å². The molecular weight excluding hydrogens is 246 g/mol. The molecule has 0 aliphatic carbocycles. The number of carboxylic acid groups (broad SMARTS) is 1. The van der Waals surface area contributed by atoms with Crippen molar-refractivity contribution in [1.82, 2.24) is 4.90 Å². The largest absolute Gasteiger partial charge is 0.480 e. The van der Waals surface area contributed by atoms with Gasteiger partial charge >= 0.3 is 11.9 Å². The number of imide groups is 1. The van der Waals surface area contributed by atoms with E-state index in [1.54, 1.807) is 0 Å². The summed E-state index contributed by atoms with van der Waals surface area (Å²) >= 11 is 0. The molecule has 1 rings (SSSR count). The number of hydrogen-bond acceptors (Lipinski definition) is 6. The number of aliphatic carboxylic acids is 1. The number of carboxylic acids is 1. The minimum Gasteiger partial charge on any atom is -0.480 e. The molecular formula is C10H13NO7. The van der Waals surface area contributed by atoms with Crippen LogP contribution in [0.15, 0.2) is 0 Å². The number of carbonyl (C=O) groups excluding carboxylic acids is 3. The molecule has 0 saturated carbocycles. The van der Waals surface area contributed by atoms with Gasteiger partial charge in [0, 0.05) is 6.42 Å². The molecule has 0 aromatic carbocycles. The minimum atomic E-state index is -1.37. The normalized spacial score (nSPS) is 17.5. The molecule has 1 aliphatic rings. The minimum absolute atomic E-state index is 0.181. The van der Waals surface area contributed by atoms with Gasteiger partial charge in [-0.1, -0.05) is 0 Å². The number of amides is 2. The lowest BCUT2D eigenvalue weighted by molar-refractivity contribution is -0.168. The Morgan fingerprint density at radius 1 is 1.39 bits per heavy atom. The highest BCUT2D eigenvalue weighted by Crippen LogP contribution is 2.13. The highest BCUT2D eigenvalue weighted by Gasteiger charge is 2.37. The Labute approximate surface area is 102 Å². The Bertz CT molecular complexity index is 362. The van der Waals surface area contributed by atoms with Gasteiger partial charge in [0.2, 0.25) is 0 Å². The van der Waals surface area contributed by atoms with Crippen LogP contribution < -0.4 is 0 Å². The van der Waals surface area contributed by atoms with Gasteiger partial charge in [-0.25, -0.2) is 4.79 Å². The molecule has 0 spiro atoms. The molecule has 1 fully saturated rings. The summed E-state index contributed by atoms with van der Waals surface area (Å²) < 4.78 is 9.05. The maximum absolute atomic E-state index is 11.5. The molecule has 0 aromatic rings. The van der Waals surface area contributed by atoms with Crippen LogP contribution in [0.4, 0.5) is 0 Å². The number of ether oxygens (including phenoxy) is 2. The van der Waals surface area contributed by atoms with E-state index in [2.05, 4.69) is 9.47 Å². The summed E-state index contributed by atoms with van der Waals surface area (Å²) in [6, 6.07) is -1.37. The van der Waals surface area contributed by atoms with Gasteiger partial charge in [-0.05, 0) is 6.42 Å². The molecule has 0 aromatic heterocycles. The third-order valence-corrected chi connectivity index (χ3v) is 2.43. The first-order valence-electron chi connectivity index (χ1n) is 5.19. The Kier molecular flexibility index (Phi) is 4.78. The maximum Gasteiger partial charge on any atom is 0.326 e. The second kappa shape index (κ2) is 6.10. The number of esters is 1. The lowest BCUT2D eigenvalue weighted by Crippen LogP contribution is -2.54. The molecule has 1 unspecified atom stereocenters. The van der Waals surface area contributed by atoms with Gasteiger partial charge in [-0.3, -0.25) is 19.3 Å². The van der Waals surface area contributed by atoms with Crippen molar-refractivity contribution in [3.8, 4) is 0 Å². The third kappa shape index (κ3) is 3.27. The predicted octanol–water partition coefficient (Wildman–Crippen LogP) is -1.22. The fourth-order valence-electron chi connectivity index (χ4n) is 1.57. The van der Waals surface area contributed by atoms with E-state index in [0.717, 1.165) is 0 Å². The number of nitrogens with zero attached hydrogens (tertiary/aromatic N) is 1. The zero-order chi connectivity index (χ0) is 13.7. The van der Waals surface area contributed by atoms with E-state index in [1.807, 2.05) is 0 Å². The van der Waals surface area contributed by atoms with E-state index in [1.165, 1.54) is 7.11 Å². The zero-order valence-corrected chi connectivity index (χ0v) is 9.75. The van der Waals surface area contributed by atoms with Gasteiger partial charge in [0.1, 0.15) is 19.3 Å². The molecule has 8 nitrogen and oxygen atoms in total. The summed E-state index contributed by atoms with van der Waals surface area (Å²) in [5, 5.41) is 9.01. The summed E-state index contributed by atoms with van der Waals surface area (Å²) in [5.41, 5.74) is 0. The topological polar surface area (TPSA) is 110 Å². The Balaban J connectivity index is 2.76. The smallest absolute Gasteiger partial charge is 0.326 e. The van der Waals surface area contributed by atoms with E-state index in [9.17, 15) is 19.2 Å². The number of carbonyl (C=O) groups is 4. The monoisotopic (exact) mass is 259 g/mol. The van der Waals surface area contributed by atoms with E-state index in [-0.39, 0.29) is 26.1 Å². The Hall–Kier alpha value is -1.96. The van der Waals surface area contributed by atoms with Crippen molar-refractivity contribution in [2.75, 3.05) is 20.3 Å². The van der Waals surface area contributed by atoms with Crippen LogP contribution in [-0.2, 0) is 28.7 Å². The summed E-state index contributed by atoms with van der Waals surface area (Å²) in [5.74, 6) is -3.39. The molecule has 1 heterocycles. The average molecular weight is 259 g/mol. The van der Waals surface area contributed by atoms with Crippen molar-refractivity contribution in [3.63, 3.8) is 0 Å². The summed E-state index contributed by atoms with van der Waals surface area (Å²) in [7, 11) is 1.17. The second-order valence-corrected chi connectivity index (χ2v) is 3.62. The number of morpholine rings is 1. The quantitative estimate of drug-likeness (QED) is 0.486. The van der Waals surface area contributed by atoms with Crippen LogP contribution in [0.1, 0.15) is 12.8 Å². The van der Waals surface area contributed by atoms with Crippen molar-refractivity contribution in [1.29, 1.82) is 0 Å². The molecule has 1 atom stereocenters. The zero-order valence-electron chi connectivity index (χ0n) is 9.75. The van der Waals surface area contributed by atoms with Gasteiger partial charge in [0.05, 0.1) is 7.11 Å². The SMILES string of the molecule is COC(=O)CCC(C(=O)O)N1C(=O)COCC1=O. The van der Waals surface area contributed by atoms with Crippen molar-refractivity contribution < 1.29 is 33.8 Å². The fraction of sp³-hybridized carbons (Fsp3) is 0.600. The van der Waals surface area contributed by atoms with Crippen molar-refractivity contribution in [2.45, 2.75) is 18.9 Å². The Morgan fingerprint density at radius 3 is 2.39 bits per heavy atom. The van der Waals surface area contributed by atoms with Gasteiger partial charge in [-0.2, -0.15) is 0 Å². The highest BCUT2D eigenvalue weighted by atomic mass is 16.5. The summed E-state index contributed by atoms with van der Waals surface area (Å²) in [4.78, 5) is 45.6. The summed E-state index contributed by atoms with van der Waals surface area (Å²) in [6.07, 6.45) is -0.370. The second-order valence-electron chi connectivity index (χ2n) is 3.62. The van der Waals surface area contributed by atoms with Gasteiger partial charge in [0.25, 0.3) is 11.8 Å². The maximum atomic E-state index is 11.5. The number of methoxy groups -OCH3 is 1. The van der Waals surface area contributed by atoms with Crippen molar-refractivity contribution >= 4 is 23.8 Å². The van der Waals surface area contributed by atoms with Crippen LogP contribution in [0.25, 0.3) is 0 Å². The fourth-order valence-corrected chi connectivity index (χ4v) is 1.57. The molecule has 18 heavy (non-hydrogen) atoms. The molecule has 100 valence electrons. The molecule has 0 bridgehead atoms. The average Bonchev–Trinajstić information content (AvgIpc) is 2.31. The Morgan fingerprint density at radius 2 is 1.94 bits per heavy atom. The van der Waals surface area contributed by atoms with Crippen molar-refractivity contribution in [2.24, 2.45) is 0 Å². The summed E-state index contributed by atoms with van der Waals surface area (Å²) in [6.45, 7) is -0.679. The van der Waals surface area contributed by atoms with Crippen LogP contribution in [-0.4, -0.2) is 60.1 Å². The first-order chi connectivity index (χ1) is 8.47. The van der Waals surface area contributed by atoms with Crippen molar-refractivity contribution in [3.05, 3.63) is 0 Å². The van der Waals surface area contributed by atoms with E-state index in [0.29, 0.717) is 4.90 Å². The standard InChI is InChI=1S/C10H13NO7/c1-17-9(14)3-2-6(10(15)16)11-7(12)4-18-5-8(11)13/h6H,2-5H2,1H3,(H,15,16). The van der Waals surface area contributed by atoms with Crippen LogP contribution in [0, 0.1) is 0 Å². The predicted molar refractivity (Wildman–Crippen MR) is 55.3 cm³/mol. The van der Waals surface area contributed by atoms with Gasteiger partial charge in [-0.15, -0.1) is 0 Å². The molecule has 2 amide bonds. The van der Waals surface area contributed by atoms with E-state index in [4.69, 9.17) is 5.11 Å². The first kappa shape index (κ1) is 14.1. The molecule has 8 heteroatoms. The van der Waals surface area contributed by atoms with E-state index >= 15 is 0 Å². The lowest BCUT2D eigenvalue weighted by Gasteiger charge is -2.29. The third-order valence-electron chi connectivity index (χ3n) is 2.43. The van der Waals surface area contributed by atoms with E-state index < -0.39 is 29.8 Å². The molecule has 1 saturated heterocycles. The van der Waals surface area contributed by atoms with Crippen LogP contribution >= 0.6 is 0 Å². The molecule has 0 radical (unpaired) electrons. The first-order valence-corrected chi connectivity index (χ1v) is 5.19.